The van der Waals surface area contributed by atoms with E-state index in [9.17, 15) is 4.79 Å². The van der Waals surface area contributed by atoms with E-state index in [1.807, 2.05) is 30.3 Å². The third-order valence-corrected chi connectivity index (χ3v) is 8.38. The summed E-state index contributed by atoms with van der Waals surface area (Å²) in [6, 6.07) is 19.2. The van der Waals surface area contributed by atoms with E-state index in [1.54, 1.807) is 0 Å². The van der Waals surface area contributed by atoms with E-state index >= 15 is 0 Å². The lowest BCUT2D eigenvalue weighted by Crippen LogP contribution is -2.47. The minimum Gasteiger partial charge on any atom is -0.376 e. The van der Waals surface area contributed by atoms with Crippen LogP contribution in [-0.2, 0) is 16.1 Å². The van der Waals surface area contributed by atoms with E-state index in [0.717, 1.165) is 32.4 Å². The summed E-state index contributed by atoms with van der Waals surface area (Å²) < 4.78 is 11.9. The fourth-order valence-electron chi connectivity index (χ4n) is 6.05. The van der Waals surface area contributed by atoms with Crippen LogP contribution >= 0.6 is 0 Å². The van der Waals surface area contributed by atoms with Crippen LogP contribution < -0.4 is 21.1 Å². The molecule has 0 radical (unpaired) electrons. The van der Waals surface area contributed by atoms with Crippen LogP contribution in [0.25, 0.3) is 0 Å². The van der Waals surface area contributed by atoms with Gasteiger partial charge in [-0.15, -0.1) is 0 Å². The Balaban J connectivity index is 1.02. The smallest absolute Gasteiger partial charge is 0.252 e. The Morgan fingerprint density at radius 1 is 0.974 bits per heavy atom. The van der Waals surface area contributed by atoms with Gasteiger partial charge in [-0.05, 0) is 76.0 Å². The van der Waals surface area contributed by atoms with Gasteiger partial charge in [0.05, 0.1) is 32.1 Å². The summed E-state index contributed by atoms with van der Waals surface area (Å²) in [5.41, 5.74) is 9.79. The molecule has 1 aliphatic carbocycles. The van der Waals surface area contributed by atoms with Crippen LogP contribution in [0.3, 0.4) is 0 Å². The highest BCUT2D eigenvalue weighted by Crippen LogP contribution is 2.31. The van der Waals surface area contributed by atoms with Crippen LogP contribution in [0.15, 0.2) is 54.6 Å². The molecule has 2 saturated heterocycles. The molecule has 1 amide bonds. The number of carbonyl (C=O) groups is 1. The zero-order chi connectivity index (χ0) is 26.3. The number of hydrogen-bond donors (Lipinski definition) is 3. The van der Waals surface area contributed by atoms with Crippen molar-refractivity contribution in [3.05, 3.63) is 65.7 Å². The number of anilines is 1. The molecule has 1 saturated carbocycles. The second-order valence-electron chi connectivity index (χ2n) is 11.1. The van der Waals surface area contributed by atoms with Gasteiger partial charge < -0.3 is 24.6 Å². The highest BCUT2D eigenvalue weighted by Gasteiger charge is 2.41. The maximum Gasteiger partial charge on any atom is 0.252 e. The number of carbonyl (C=O) groups excluding carboxylic acids is 1. The lowest BCUT2D eigenvalue weighted by Gasteiger charge is -2.36. The van der Waals surface area contributed by atoms with Crippen molar-refractivity contribution in [1.82, 2.24) is 21.1 Å². The van der Waals surface area contributed by atoms with E-state index in [2.05, 4.69) is 64.3 Å². The van der Waals surface area contributed by atoms with Gasteiger partial charge >= 0.3 is 0 Å². The first-order valence-corrected chi connectivity index (χ1v) is 14.1. The molecule has 0 aromatic heterocycles. The van der Waals surface area contributed by atoms with E-state index in [0.29, 0.717) is 37.3 Å². The molecule has 5 rings (SSSR count). The zero-order valence-electron chi connectivity index (χ0n) is 22.8. The molecule has 8 heteroatoms. The molecule has 206 valence electrons. The Labute approximate surface area is 227 Å². The maximum absolute atomic E-state index is 13.0. The van der Waals surface area contributed by atoms with E-state index in [4.69, 9.17) is 9.47 Å². The molecule has 2 aromatic carbocycles. The highest BCUT2D eigenvalue weighted by molar-refractivity contribution is 5.94. The van der Waals surface area contributed by atoms with Crippen LogP contribution in [0, 0.1) is 5.92 Å². The van der Waals surface area contributed by atoms with Crippen LogP contribution in [0.4, 0.5) is 5.69 Å². The average Bonchev–Trinajstić information content (AvgIpc) is 3.35. The number of hydrazine groups is 1. The van der Waals surface area contributed by atoms with Gasteiger partial charge in [-0.25, -0.2) is 5.43 Å². The molecular weight excluding hydrogens is 478 g/mol. The van der Waals surface area contributed by atoms with Crippen LogP contribution in [0.2, 0.25) is 0 Å². The predicted molar refractivity (Wildman–Crippen MR) is 150 cm³/mol. The third-order valence-electron chi connectivity index (χ3n) is 8.38. The molecular formula is C30H43N5O3. The molecule has 3 fully saturated rings. The van der Waals surface area contributed by atoms with Gasteiger partial charge in [-0.1, -0.05) is 30.3 Å². The van der Waals surface area contributed by atoms with Crippen molar-refractivity contribution >= 4 is 11.6 Å². The molecule has 0 bridgehead atoms. The van der Waals surface area contributed by atoms with Crippen LogP contribution in [0.1, 0.15) is 48.0 Å². The minimum absolute atomic E-state index is 0.0308. The Bertz CT molecular complexity index is 1010. The first-order chi connectivity index (χ1) is 18.6. The van der Waals surface area contributed by atoms with Gasteiger partial charge in [-0.3, -0.25) is 10.2 Å². The molecule has 38 heavy (non-hydrogen) atoms. The second kappa shape index (κ2) is 13.0. The van der Waals surface area contributed by atoms with E-state index in [-0.39, 0.29) is 24.2 Å². The lowest BCUT2D eigenvalue weighted by molar-refractivity contribution is -0.0239. The molecule has 0 spiro atoms. The summed E-state index contributed by atoms with van der Waals surface area (Å²) >= 11 is 0. The number of fused-ring (bicyclic) bond motifs is 1. The van der Waals surface area contributed by atoms with Gasteiger partial charge in [0, 0.05) is 42.3 Å². The number of ether oxygens (including phenoxy) is 2. The Kier molecular flexibility index (Phi) is 9.30. The van der Waals surface area contributed by atoms with Gasteiger partial charge in [0.2, 0.25) is 0 Å². The van der Waals surface area contributed by atoms with Gasteiger partial charge in [0.25, 0.3) is 5.91 Å². The van der Waals surface area contributed by atoms with Crippen LogP contribution in [-0.4, -0.2) is 75.6 Å². The first-order valence-electron chi connectivity index (χ1n) is 14.1. The number of benzene rings is 2. The summed E-state index contributed by atoms with van der Waals surface area (Å²) in [7, 11) is 4.32. The molecule has 2 aliphatic heterocycles. The topological polar surface area (TPSA) is 78.1 Å². The van der Waals surface area contributed by atoms with Gasteiger partial charge in [0.1, 0.15) is 0 Å². The van der Waals surface area contributed by atoms with Crippen molar-refractivity contribution in [3.63, 3.8) is 0 Å². The monoisotopic (exact) mass is 521 g/mol. The SMILES string of the molecule is CN(C)C1CCN(c2ccc(C(=O)NC3NNC4CC(OCCOCc5ccccc5)CCC43)cc2)CC1. The van der Waals surface area contributed by atoms with Crippen molar-refractivity contribution in [1.29, 1.82) is 0 Å². The van der Waals surface area contributed by atoms with Crippen molar-refractivity contribution in [2.45, 2.75) is 63.1 Å². The standard InChI is InChI=1S/C30H43N5O3/c1-34(2)24-14-16-35(17-15-24)25-10-8-23(9-11-25)30(36)31-29-27-13-12-26(20-28(27)32-33-29)38-19-18-37-21-22-6-4-3-5-7-22/h3-11,24,26-29,32-33H,12-21H2,1-2H3,(H,31,36). The summed E-state index contributed by atoms with van der Waals surface area (Å²) in [4.78, 5) is 17.8. The van der Waals surface area contributed by atoms with Crippen molar-refractivity contribution in [2.75, 3.05) is 45.3 Å². The van der Waals surface area contributed by atoms with Crippen LogP contribution in [0.5, 0.6) is 0 Å². The third kappa shape index (κ3) is 6.93. The maximum atomic E-state index is 13.0. The summed E-state index contributed by atoms with van der Waals surface area (Å²) in [6.45, 7) is 3.93. The predicted octanol–water partition coefficient (Wildman–Crippen LogP) is 3.15. The number of amides is 1. The number of rotatable bonds is 10. The lowest BCUT2D eigenvalue weighted by atomic mass is 9.82. The number of nitrogens with one attached hydrogen (secondary N) is 3. The van der Waals surface area contributed by atoms with Gasteiger partial charge in [0.15, 0.2) is 0 Å². The largest absolute Gasteiger partial charge is 0.376 e. The summed E-state index contributed by atoms with van der Waals surface area (Å²) in [5.74, 6) is 0.321. The zero-order valence-corrected chi connectivity index (χ0v) is 22.8. The fraction of sp³-hybridized carbons (Fsp3) is 0.567. The van der Waals surface area contributed by atoms with E-state index < -0.39 is 0 Å². The minimum atomic E-state index is -0.0765. The molecule has 8 nitrogen and oxygen atoms in total. The Morgan fingerprint density at radius 3 is 2.47 bits per heavy atom. The van der Waals surface area contributed by atoms with Crippen molar-refractivity contribution in [2.24, 2.45) is 5.92 Å². The van der Waals surface area contributed by atoms with Crippen molar-refractivity contribution in [3.8, 4) is 0 Å². The van der Waals surface area contributed by atoms with E-state index in [1.165, 1.54) is 24.1 Å². The summed E-state index contributed by atoms with van der Waals surface area (Å²) in [6.07, 6.45) is 5.42. The molecule has 4 atom stereocenters. The fourth-order valence-corrected chi connectivity index (χ4v) is 6.05. The molecule has 3 N–H and O–H groups in total. The number of piperidine rings is 1. The number of nitrogens with zero attached hydrogens (tertiary/aromatic N) is 2. The summed E-state index contributed by atoms with van der Waals surface area (Å²) in [5, 5.41) is 3.21. The average molecular weight is 522 g/mol. The second-order valence-corrected chi connectivity index (χ2v) is 11.1. The quantitative estimate of drug-likeness (QED) is 0.415. The number of hydrogen-bond acceptors (Lipinski definition) is 7. The Hall–Kier alpha value is -2.49. The molecule has 2 heterocycles. The molecule has 3 aliphatic rings. The first kappa shape index (κ1) is 27.1. The Morgan fingerprint density at radius 2 is 1.74 bits per heavy atom. The van der Waals surface area contributed by atoms with Gasteiger partial charge in [-0.2, -0.15) is 0 Å². The molecule has 2 aromatic rings. The molecule has 4 unspecified atom stereocenters. The van der Waals surface area contributed by atoms with Crippen molar-refractivity contribution < 1.29 is 14.3 Å². The normalized spacial score (nSPS) is 25.9. The highest BCUT2D eigenvalue weighted by atomic mass is 16.5.